The van der Waals surface area contributed by atoms with Crippen LogP contribution in [0.5, 0.6) is 0 Å². The third-order valence-corrected chi connectivity index (χ3v) is 3.72. The highest BCUT2D eigenvalue weighted by Crippen LogP contribution is 2.23. The number of benzene rings is 2. The van der Waals surface area contributed by atoms with Crippen LogP contribution in [0.2, 0.25) is 0 Å². The molecule has 6 nitrogen and oxygen atoms in total. The third-order valence-electron chi connectivity index (χ3n) is 3.72. The molecule has 0 aliphatic heterocycles. The summed E-state index contributed by atoms with van der Waals surface area (Å²) in [6, 6.07) is 18.5. The Kier molecular flexibility index (Phi) is 3.84. The first-order chi connectivity index (χ1) is 12.3. The maximum Gasteiger partial charge on any atom is 0.272 e. The average molecular weight is 330 g/mol. The van der Waals surface area contributed by atoms with Gasteiger partial charge in [0.25, 0.3) is 5.91 Å². The van der Waals surface area contributed by atoms with Crippen LogP contribution >= 0.6 is 0 Å². The normalized spacial score (nSPS) is 11.2. The molecule has 4 aromatic rings. The van der Waals surface area contributed by atoms with Crippen molar-refractivity contribution >= 4 is 23.2 Å². The second-order valence-electron chi connectivity index (χ2n) is 5.36. The molecule has 2 N–H and O–H groups in total. The Bertz CT molecular complexity index is 1020. The molecule has 0 fully saturated rings. The minimum Gasteiger partial charge on any atom is -0.463 e. The Morgan fingerprint density at radius 1 is 1.08 bits per heavy atom. The van der Waals surface area contributed by atoms with Gasteiger partial charge < -0.3 is 9.40 Å². The van der Waals surface area contributed by atoms with Crippen molar-refractivity contribution in [3.8, 4) is 11.4 Å². The van der Waals surface area contributed by atoms with Gasteiger partial charge in [-0.25, -0.2) is 10.4 Å². The second kappa shape index (κ2) is 6.45. The first-order valence-electron chi connectivity index (χ1n) is 7.72. The van der Waals surface area contributed by atoms with Gasteiger partial charge in [0.2, 0.25) is 0 Å². The Labute approximate surface area is 143 Å². The average Bonchev–Trinajstić information content (AvgIpc) is 3.31. The number of rotatable bonds is 4. The number of hydrazone groups is 1. The predicted molar refractivity (Wildman–Crippen MR) is 95.3 cm³/mol. The first kappa shape index (κ1) is 14.9. The van der Waals surface area contributed by atoms with Gasteiger partial charge in [-0.1, -0.05) is 30.3 Å². The summed E-state index contributed by atoms with van der Waals surface area (Å²) in [4.78, 5) is 20.3. The fourth-order valence-electron chi connectivity index (χ4n) is 2.55. The lowest BCUT2D eigenvalue weighted by Gasteiger charge is -2.05. The standard InChI is InChI=1S/C19H14N4O2/c24-19(23-20-12-13-6-5-11-25-13)15-8-2-1-7-14(15)18-21-16-9-3-4-10-17(16)22-18/h1-12H,(H,21,22)(H,23,24)/b20-12+. The fourth-order valence-corrected chi connectivity index (χ4v) is 2.55. The van der Waals surface area contributed by atoms with Gasteiger partial charge in [0, 0.05) is 5.56 Å². The fraction of sp³-hybridized carbons (Fsp3) is 0. The number of nitrogens with zero attached hydrogens (tertiary/aromatic N) is 2. The minimum absolute atomic E-state index is 0.320. The van der Waals surface area contributed by atoms with Crippen LogP contribution in [0.1, 0.15) is 16.1 Å². The molecule has 0 aliphatic rings. The summed E-state index contributed by atoms with van der Waals surface area (Å²) in [6.07, 6.45) is 2.99. The molecule has 2 aromatic heterocycles. The molecule has 25 heavy (non-hydrogen) atoms. The lowest BCUT2D eigenvalue weighted by molar-refractivity contribution is 0.0955. The second-order valence-corrected chi connectivity index (χ2v) is 5.36. The van der Waals surface area contributed by atoms with Crippen LogP contribution in [-0.2, 0) is 0 Å². The SMILES string of the molecule is O=C(N/N=C/c1ccco1)c1ccccc1-c1nc2ccccc2[nH]1. The van der Waals surface area contributed by atoms with E-state index in [0.717, 1.165) is 11.0 Å². The smallest absolute Gasteiger partial charge is 0.272 e. The third kappa shape index (κ3) is 3.05. The predicted octanol–water partition coefficient (Wildman–Crippen LogP) is 3.59. The molecule has 0 atom stereocenters. The van der Waals surface area contributed by atoms with Gasteiger partial charge in [-0.05, 0) is 30.3 Å². The Balaban J connectivity index is 1.63. The molecule has 122 valence electrons. The molecule has 0 spiro atoms. The van der Waals surface area contributed by atoms with Crippen molar-refractivity contribution in [2.75, 3.05) is 0 Å². The van der Waals surface area contributed by atoms with Gasteiger partial charge in [-0.2, -0.15) is 5.10 Å². The molecular weight excluding hydrogens is 316 g/mol. The molecule has 2 aromatic carbocycles. The number of imidazole rings is 1. The van der Waals surface area contributed by atoms with Crippen LogP contribution in [0.25, 0.3) is 22.4 Å². The number of H-pyrrole nitrogens is 1. The minimum atomic E-state index is -0.320. The van der Waals surface area contributed by atoms with Gasteiger partial charge in [-0.3, -0.25) is 4.79 Å². The molecule has 0 unspecified atom stereocenters. The summed E-state index contributed by atoms with van der Waals surface area (Å²) < 4.78 is 5.13. The summed E-state index contributed by atoms with van der Waals surface area (Å²) in [6.45, 7) is 0. The van der Waals surface area contributed by atoms with Crippen LogP contribution in [0.4, 0.5) is 0 Å². The number of carbonyl (C=O) groups excluding carboxylic acids is 1. The number of furan rings is 1. The quantitative estimate of drug-likeness (QED) is 0.443. The molecule has 6 heteroatoms. The van der Waals surface area contributed by atoms with E-state index in [2.05, 4.69) is 20.5 Å². The van der Waals surface area contributed by atoms with Gasteiger partial charge in [0.05, 0.1) is 29.1 Å². The molecule has 0 aliphatic carbocycles. The van der Waals surface area contributed by atoms with Crippen LogP contribution in [0.15, 0.2) is 76.4 Å². The van der Waals surface area contributed by atoms with E-state index in [4.69, 9.17) is 4.42 Å². The molecular formula is C19H14N4O2. The van der Waals surface area contributed by atoms with E-state index in [1.54, 1.807) is 30.5 Å². The van der Waals surface area contributed by atoms with Crippen molar-refractivity contribution in [3.05, 3.63) is 78.3 Å². The van der Waals surface area contributed by atoms with Crippen LogP contribution in [-0.4, -0.2) is 22.1 Å². The van der Waals surface area contributed by atoms with E-state index in [9.17, 15) is 4.79 Å². The first-order valence-corrected chi connectivity index (χ1v) is 7.72. The van der Waals surface area contributed by atoms with Crippen molar-refractivity contribution in [1.29, 1.82) is 0 Å². The largest absolute Gasteiger partial charge is 0.463 e. The molecule has 0 radical (unpaired) electrons. The lowest BCUT2D eigenvalue weighted by Crippen LogP contribution is -2.18. The highest BCUT2D eigenvalue weighted by molar-refractivity contribution is 6.01. The number of aromatic amines is 1. The highest BCUT2D eigenvalue weighted by Gasteiger charge is 2.14. The summed E-state index contributed by atoms with van der Waals surface area (Å²) in [7, 11) is 0. The highest BCUT2D eigenvalue weighted by atomic mass is 16.3. The molecule has 0 bridgehead atoms. The summed E-state index contributed by atoms with van der Waals surface area (Å²) >= 11 is 0. The van der Waals surface area contributed by atoms with Crippen LogP contribution in [0.3, 0.4) is 0 Å². The van der Waals surface area contributed by atoms with E-state index in [1.165, 1.54) is 6.21 Å². The number of hydrogen-bond acceptors (Lipinski definition) is 4. The van der Waals surface area contributed by atoms with E-state index in [-0.39, 0.29) is 5.91 Å². The van der Waals surface area contributed by atoms with E-state index in [0.29, 0.717) is 22.7 Å². The zero-order valence-electron chi connectivity index (χ0n) is 13.1. The van der Waals surface area contributed by atoms with E-state index < -0.39 is 0 Å². The molecule has 4 rings (SSSR count). The molecule has 0 saturated heterocycles. The summed E-state index contributed by atoms with van der Waals surface area (Å²) in [5.74, 6) is 0.881. The van der Waals surface area contributed by atoms with Gasteiger partial charge in [0.1, 0.15) is 11.6 Å². The monoisotopic (exact) mass is 330 g/mol. The number of para-hydroxylation sites is 2. The Morgan fingerprint density at radius 2 is 1.92 bits per heavy atom. The van der Waals surface area contributed by atoms with Gasteiger partial charge >= 0.3 is 0 Å². The Hall–Kier alpha value is -3.67. The van der Waals surface area contributed by atoms with Crippen molar-refractivity contribution in [3.63, 3.8) is 0 Å². The van der Waals surface area contributed by atoms with Crippen molar-refractivity contribution < 1.29 is 9.21 Å². The van der Waals surface area contributed by atoms with Crippen molar-refractivity contribution in [2.45, 2.75) is 0 Å². The van der Waals surface area contributed by atoms with Crippen molar-refractivity contribution in [2.24, 2.45) is 5.10 Å². The number of carbonyl (C=O) groups is 1. The number of fused-ring (bicyclic) bond motifs is 1. The molecule has 2 heterocycles. The summed E-state index contributed by atoms with van der Waals surface area (Å²) in [5.41, 5.74) is 5.48. The molecule has 1 amide bonds. The van der Waals surface area contributed by atoms with Gasteiger partial charge in [0.15, 0.2) is 0 Å². The number of nitrogens with one attached hydrogen (secondary N) is 2. The molecule has 0 saturated carbocycles. The van der Waals surface area contributed by atoms with Crippen LogP contribution in [0, 0.1) is 0 Å². The number of amides is 1. The zero-order chi connectivity index (χ0) is 17.1. The summed E-state index contributed by atoms with van der Waals surface area (Å²) in [5, 5.41) is 3.92. The Morgan fingerprint density at radius 3 is 2.76 bits per heavy atom. The maximum atomic E-state index is 12.5. The van der Waals surface area contributed by atoms with Crippen molar-refractivity contribution in [1.82, 2.24) is 15.4 Å². The number of aromatic nitrogens is 2. The number of hydrogen-bond donors (Lipinski definition) is 2. The van der Waals surface area contributed by atoms with Crippen LogP contribution < -0.4 is 5.43 Å². The lowest BCUT2D eigenvalue weighted by atomic mass is 10.1. The topological polar surface area (TPSA) is 83.3 Å². The zero-order valence-corrected chi connectivity index (χ0v) is 13.1. The van der Waals surface area contributed by atoms with E-state index in [1.807, 2.05) is 36.4 Å². The van der Waals surface area contributed by atoms with E-state index >= 15 is 0 Å². The van der Waals surface area contributed by atoms with Gasteiger partial charge in [-0.15, -0.1) is 0 Å². The maximum absolute atomic E-state index is 12.5.